The lowest BCUT2D eigenvalue weighted by Gasteiger charge is -2.62. The summed E-state index contributed by atoms with van der Waals surface area (Å²) in [6, 6.07) is 0. The van der Waals surface area contributed by atoms with E-state index in [0.29, 0.717) is 39.1 Å². The lowest BCUT2D eigenvalue weighted by atomic mass is 9.47. The van der Waals surface area contributed by atoms with Gasteiger partial charge in [-0.05, 0) is 43.0 Å². The highest BCUT2D eigenvalue weighted by atomic mass is 32.2. The van der Waals surface area contributed by atoms with Gasteiger partial charge in [-0.25, -0.2) is 0 Å². The van der Waals surface area contributed by atoms with Crippen molar-refractivity contribution >= 4 is 18.4 Å². The van der Waals surface area contributed by atoms with Crippen LogP contribution in [0.2, 0.25) is 18.1 Å². The number of alkyl halides is 3. The number of rotatable bonds is 5. The van der Waals surface area contributed by atoms with Gasteiger partial charge in [0.1, 0.15) is 5.76 Å². The molecule has 1 aliphatic heterocycles. The normalized spacial score (nSPS) is 33.0. The molecule has 33 heavy (non-hydrogen) atoms. The molecule has 1 saturated carbocycles. The summed E-state index contributed by atoms with van der Waals surface area (Å²) in [4.78, 5) is 0. The highest BCUT2D eigenvalue weighted by molar-refractivity contribution is 7.87. The summed E-state index contributed by atoms with van der Waals surface area (Å²) >= 11 is 0. The first-order chi connectivity index (χ1) is 14.8. The van der Waals surface area contributed by atoms with Crippen molar-refractivity contribution in [3.63, 3.8) is 0 Å². The first kappa shape index (κ1) is 27.0. The molecular formula is C22H37F3O6SSi. The van der Waals surface area contributed by atoms with E-state index >= 15 is 0 Å². The summed E-state index contributed by atoms with van der Waals surface area (Å²) in [6.07, 6.45) is 3.32. The molecule has 0 radical (unpaired) electrons. The van der Waals surface area contributed by atoms with Crippen LogP contribution in [0.1, 0.15) is 60.3 Å². The molecule has 3 aliphatic rings. The summed E-state index contributed by atoms with van der Waals surface area (Å²) in [6.45, 7) is 16.1. The maximum absolute atomic E-state index is 13.0. The van der Waals surface area contributed by atoms with E-state index < -0.39 is 40.6 Å². The Balaban J connectivity index is 1.99. The molecule has 11 heteroatoms. The molecular weight excluding hydrogens is 477 g/mol. The quantitative estimate of drug-likeness (QED) is 0.266. The van der Waals surface area contributed by atoms with E-state index in [1.165, 1.54) is 0 Å². The smallest absolute Gasteiger partial charge is 0.417 e. The van der Waals surface area contributed by atoms with Gasteiger partial charge in [0.05, 0.1) is 13.2 Å². The average Bonchev–Trinajstić information content (AvgIpc) is 3.12. The van der Waals surface area contributed by atoms with Crippen molar-refractivity contribution < 1.29 is 39.7 Å². The van der Waals surface area contributed by atoms with Gasteiger partial charge in [-0.3, -0.25) is 0 Å². The first-order valence-corrected chi connectivity index (χ1v) is 15.8. The first-order valence-electron chi connectivity index (χ1n) is 11.4. The van der Waals surface area contributed by atoms with E-state index in [4.69, 9.17) is 13.9 Å². The average molecular weight is 515 g/mol. The molecule has 0 amide bonds. The Morgan fingerprint density at radius 1 is 1.12 bits per heavy atom. The Bertz CT molecular complexity index is 889. The Kier molecular flexibility index (Phi) is 6.71. The number of ether oxygens (including phenoxy) is 2. The van der Waals surface area contributed by atoms with Gasteiger partial charge in [0.2, 0.25) is 0 Å². The molecule has 192 valence electrons. The van der Waals surface area contributed by atoms with Gasteiger partial charge in [-0.2, -0.15) is 21.6 Å². The minimum absolute atomic E-state index is 0.00222. The van der Waals surface area contributed by atoms with Crippen LogP contribution in [0, 0.1) is 16.7 Å². The Labute approximate surface area is 196 Å². The van der Waals surface area contributed by atoms with Crippen LogP contribution in [0.15, 0.2) is 11.8 Å². The summed E-state index contributed by atoms with van der Waals surface area (Å²) in [5.41, 5.74) is -6.83. The van der Waals surface area contributed by atoms with Crippen LogP contribution in [0.4, 0.5) is 13.2 Å². The molecule has 3 atom stereocenters. The highest BCUT2D eigenvalue weighted by Gasteiger charge is 2.67. The van der Waals surface area contributed by atoms with E-state index in [2.05, 4.69) is 38.0 Å². The van der Waals surface area contributed by atoms with Gasteiger partial charge in [-0.15, -0.1) is 0 Å². The molecule has 2 aliphatic carbocycles. The van der Waals surface area contributed by atoms with Crippen LogP contribution in [-0.2, 0) is 28.2 Å². The van der Waals surface area contributed by atoms with Gasteiger partial charge >= 0.3 is 15.6 Å². The van der Waals surface area contributed by atoms with Gasteiger partial charge in [0.15, 0.2) is 14.1 Å². The zero-order valence-electron chi connectivity index (χ0n) is 20.6. The molecule has 0 unspecified atom stereocenters. The highest BCUT2D eigenvalue weighted by Crippen LogP contribution is 2.66. The van der Waals surface area contributed by atoms with E-state index in [9.17, 15) is 21.6 Å². The fourth-order valence-corrected chi connectivity index (χ4v) is 6.83. The third-order valence-corrected chi connectivity index (χ3v) is 14.2. The molecule has 6 nitrogen and oxygen atoms in total. The van der Waals surface area contributed by atoms with Crippen molar-refractivity contribution in [2.75, 3.05) is 19.8 Å². The standard InChI is InChI=1S/C22H37F3O6SSi/c1-18(2,3)33(6,7)30-15-16-8-11-21(28-12-13-29-21)20(5)10-9-17(14-19(16,20)4)31-32(26,27)22(23,24)25/h14,16H,8-13,15H2,1-7H3/t16-,19-,20+/m0/s1. The Morgan fingerprint density at radius 2 is 1.70 bits per heavy atom. The molecule has 1 spiro atoms. The lowest BCUT2D eigenvalue weighted by molar-refractivity contribution is -0.297. The van der Waals surface area contributed by atoms with E-state index in [1.807, 2.05) is 13.8 Å². The number of halogens is 3. The van der Waals surface area contributed by atoms with Gasteiger partial charge in [0.25, 0.3) is 0 Å². The minimum Gasteiger partial charge on any atom is -0.417 e. The monoisotopic (exact) mass is 514 g/mol. The Hall–Kier alpha value is -0.623. The van der Waals surface area contributed by atoms with Crippen molar-refractivity contribution in [3.8, 4) is 0 Å². The molecule has 1 heterocycles. The molecule has 1 saturated heterocycles. The minimum atomic E-state index is -5.74. The van der Waals surface area contributed by atoms with Crippen LogP contribution >= 0.6 is 0 Å². The maximum Gasteiger partial charge on any atom is 0.534 e. The molecule has 2 fully saturated rings. The second-order valence-corrected chi connectivity index (χ2v) is 17.8. The molecule has 0 aromatic rings. The largest absolute Gasteiger partial charge is 0.534 e. The second kappa shape index (κ2) is 8.21. The molecule has 0 aromatic heterocycles. The summed E-state index contributed by atoms with van der Waals surface area (Å²) in [5.74, 6) is -1.11. The third-order valence-electron chi connectivity index (χ3n) is 8.74. The van der Waals surface area contributed by atoms with E-state index in [0.717, 1.165) is 0 Å². The van der Waals surface area contributed by atoms with Crippen molar-refractivity contribution in [2.24, 2.45) is 16.7 Å². The van der Waals surface area contributed by atoms with Crippen molar-refractivity contribution in [2.45, 2.75) is 89.7 Å². The molecule has 3 rings (SSSR count). The zero-order valence-corrected chi connectivity index (χ0v) is 22.4. The van der Waals surface area contributed by atoms with Crippen molar-refractivity contribution in [1.82, 2.24) is 0 Å². The van der Waals surface area contributed by atoms with Crippen LogP contribution in [0.25, 0.3) is 0 Å². The van der Waals surface area contributed by atoms with Crippen molar-refractivity contribution in [1.29, 1.82) is 0 Å². The Morgan fingerprint density at radius 3 is 2.21 bits per heavy atom. The topological polar surface area (TPSA) is 71.1 Å². The lowest BCUT2D eigenvalue weighted by Crippen LogP contribution is -2.63. The predicted molar refractivity (Wildman–Crippen MR) is 120 cm³/mol. The van der Waals surface area contributed by atoms with Crippen LogP contribution in [0.5, 0.6) is 0 Å². The van der Waals surface area contributed by atoms with E-state index in [1.54, 1.807) is 6.08 Å². The van der Waals surface area contributed by atoms with Crippen molar-refractivity contribution in [3.05, 3.63) is 11.8 Å². The molecule has 0 bridgehead atoms. The number of fused-ring (bicyclic) bond motifs is 2. The van der Waals surface area contributed by atoms with Crippen LogP contribution < -0.4 is 0 Å². The SMILES string of the molecule is CC(C)(C)[Si](C)(C)OC[C@@H]1CCC2(OCCO2)[C@]2(C)CCC(OS(=O)(=O)C(F)(F)F)=C[C@@]12C. The number of allylic oxidation sites excluding steroid dienone is 2. The fraction of sp³-hybridized carbons (Fsp3) is 0.909. The van der Waals surface area contributed by atoms with E-state index in [-0.39, 0.29) is 23.1 Å². The third kappa shape index (κ3) is 4.41. The zero-order chi connectivity index (χ0) is 25.1. The predicted octanol–water partition coefficient (Wildman–Crippen LogP) is 5.72. The summed E-state index contributed by atoms with van der Waals surface area (Å²) in [7, 11) is -7.82. The van der Waals surface area contributed by atoms with Crippen LogP contribution in [0.3, 0.4) is 0 Å². The fourth-order valence-electron chi connectivity index (χ4n) is 5.27. The molecule has 0 aromatic carbocycles. The number of hydrogen-bond donors (Lipinski definition) is 0. The van der Waals surface area contributed by atoms with Gasteiger partial charge in [-0.1, -0.05) is 34.6 Å². The summed E-state index contributed by atoms with van der Waals surface area (Å²) < 4.78 is 85.7. The molecule has 0 N–H and O–H groups in total. The van der Waals surface area contributed by atoms with Gasteiger partial charge < -0.3 is 18.1 Å². The van der Waals surface area contributed by atoms with Gasteiger partial charge in [0, 0.05) is 30.3 Å². The van der Waals surface area contributed by atoms with Crippen LogP contribution in [-0.4, -0.2) is 47.9 Å². The summed E-state index contributed by atoms with van der Waals surface area (Å²) in [5, 5.41) is 0.00222. The number of hydrogen-bond acceptors (Lipinski definition) is 6. The second-order valence-electron chi connectivity index (χ2n) is 11.5. The maximum atomic E-state index is 13.0.